The van der Waals surface area contributed by atoms with E-state index in [2.05, 4.69) is 10.6 Å². The maximum atomic E-state index is 12.3. The largest absolute Gasteiger partial charge is 0.467 e. The highest BCUT2D eigenvalue weighted by Crippen LogP contribution is 2.08. The third-order valence-corrected chi connectivity index (χ3v) is 5.43. The van der Waals surface area contributed by atoms with E-state index in [1.54, 1.807) is 36.4 Å². The van der Waals surface area contributed by atoms with Crippen molar-refractivity contribution in [3.63, 3.8) is 0 Å². The van der Waals surface area contributed by atoms with Gasteiger partial charge in [0.25, 0.3) is 0 Å². The molecule has 0 aliphatic heterocycles. The Bertz CT molecular complexity index is 860. The molecule has 0 fully saturated rings. The fourth-order valence-corrected chi connectivity index (χ4v) is 3.62. The minimum Gasteiger partial charge on any atom is -0.467 e. The summed E-state index contributed by atoms with van der Waals surface area (Å²) in [6, 6.07) is 16.9. The third kappa shape index (κ3) is 8.04. The van der Waals surface area contributed by atoms with Crippen LogP contribution >= 0.6 is 0 Å². The molecule has 0 saturated heterocycles. The minimum absolute atomic E-state index is 0.0738. The van der Waals surface area contributed by atoms with Crippen LogP contribution in [0, 0.1) is 0 Å². The zero-order chi connectivity index (χ0) is 21.8. The van der Waals surface area contributed by atoms with Gasteiger partial charge in [0.05, 0.1) is 17.9 Å². The summed E-state index contributed by atoms with van der Waals surface area (Å²) in [7, 11) is -0.115. The lowest BCUT2D eigenvalue weighted by molar-refractivity contribution is -0.145. The Labute approximate surface area is 177 Å². The molecule has 2 aromatic rings. The van der Waals surface area contributed by atoms with Crippen molar-refractivity contribution in [2.24, 2.45) is 0 Å². The van der Waals surface area contributed by atoms with Crippen LogP contribution in [-0.4, -0.2) is 47.6 Å². The van der Waals surface area contributed by atoms with Crippen molar-refractivity contribution in [2.45, 2.75) is 24.0 Å². The summed E-state index contributed by atoms with van der Waals surface area (Å²) in [5.41, 5.74) is 0.814. The van der Waals surface area contributed by atoms with Crippen LogP contribution < -0.4 is 10.6 Å². The first-order chi connectivity index (χ1) is 14.5. The highest BCUT2D eigenvalue weighted by atomic mass is 32.2. The molecule has 9 heteroatoms. The molecule has 2 N–H and O–H groups in total. The van der Waals surface area contributed by atoms with E-state index < -0.39 is 34.8 Å². The standard InChI is InChI=1S/C21H24N2O6S/c1-28-20(25)18(12-13-30(27)17-10-6-3-7-11-17)23-19(24)14-22-21(26)29-15-16-8-4-2-5-9-16/h2-11,18H,12-15H2,1H3,(H,22,26)(H,23,24)/t18-,30-/m1/s1. The molecule has 2 amide bonds. The number of hydrogen-bond acceptors (Lipinski definition) is 6. The molecule has 0 unspecified atom stereocenters. The summed E-state index contributed by atoms with van der Waals surface area (Å²) >= 11 is 0. The molecule has 2 rings (SSSR count). The zero-order valence-corrected chi connectivity index (χ0v) is 17.4. The molecule has 160 valence electrons. The fourth-order valence-electron chi connectivity index (χ4n) is 2.48. The zero-order valence-electron chi connectivity index (χ0n) is 16.5. The number of rotatable bonds is 10. The van der Waals surface area contributed by atoms with Crippen molar-refractivity contribution in [1.82, 2.24) is 10.6 Å². The monoisotopic (exact) mass is 432 g/mol. The number of carbonyl (C=O) groups is 3. The molecule has 30 heavy (non-hydrogen) atoms. The van der Waals surface area contributed by atoms with E-state index in [1.807, 2.05) is 24.3 Å². The van der Waals surface area contributed by atoms with Crippen molar-refractivity contribution < 1.29 is 28.1 Å². The molecule has 0 saturated carbocycles. The highest BCUT2D eigenvalue weighted by Gasteiger charge is 2.22. The molecule has 2 aromatic carbocycles. The van der Waals surface area contributed by atoms with Gasteiger partial charge in [0, 0.05) is 10.6 Å². The van der Waals surface area contributed by atoms with Gasteiger partial charge in [0.2, 0.25) is 5.91 Å². The summed E-state index contributed by atoms with van der Waals surface area (Å²) in [5.74, 6) is -1.08. The predicted molar refractivity (Wildman–Crippen MR) is 111 cm³/mol. The van der Waals surface area contributed by atoms with Gasteiger partial charge in [-0.05, 0) is 24.1 Å². The maximum Gasteiger partial charge on any atom is 0.407 e. The number of nitrogens with one attached hydrogen (secondary N) is 2. The van der Waals surface area contributed by atoms with Gasteiger partial charge in [-0.15, -0.1) is 0 Å². The van der Waals surface area contributed by atoms with Crippen molar-refractivity contribution in [3.05, 3.63) is 66.2 Å². The molecule has 2 atom stereocenters. The number of alkyl carbamates (subject to hydrolysis) is 1. The molecule has 0 aliphatic carbocycles. The molecular formula is C21H24N2O6S. The van der Waals surface area contributed by atoms with Gasteiger partial charge in [-0.25, -0.2) is 9.59 Å². The predicted octanol–water partition coefficient (Wildman–Crippen LogP) is 1.77. The Morgan fingerprint density at radius 3 is 2.27 bits per heavy atom. The quantitative estimate of drug-likeness (QED) is 0.554. The van der Waals surface area contributed by atoms with Crippen molar-refractivity contribution >= 4 is 28.8 Å². The Kier molecular flexibility index (Phi) is 9.53. The van der Waals surface area contributed by atoms with Crippen LogP contribution in [0.25, 0.3) is 0 Å². The van der Waals surface area contributed by atoms with Crippen LogP contribution in [0.2, 0.25) is 0 Å². The average molecular weight is 432 g/mol. The second-order valence-corrected chi connectivity index (χ2v) is 7.78. The maximum absolute atomic E-state index is 12.3. The van der Waals surface area contributed by atoms with Crippen molar-refractivity contribution in [1.29, 1.82) is 0 Å². The lowest BCUT2D eigenvalue weighted by Gasteiger charge is -2.16. The number of ether oxygens (including phenoxy) is 2. The van der Waals surface area contributed by atoms with Gasteiger partial charge in [-0.2, -0.15) is 0 Å². The fraction of sp³-hybridized carbons (Fsp3) is 0.286. The first-order valence-corrected chi connectivity index (χ1v) is 10.6. The second kappa shape index (κ2) is 12.4. The molecule has 0 aromatic heterocycles. The number of benzene rings is 2. The molecule has 0 heterocycles. The molecule has 0 bridgehead atoms. The van der Waals surface area contributed by atoms with E-state index in [9.17, 15) is 18.6 Å². The highest BCUT2D eigenvalue weighted by molar-refractivity contribution is 7.85. The lowest BCUT2D eigenvalue weighted by Crippen LogP contribution is -2.46. The van der Waals surface area contributed by atoms with Crippen molar-refractivity contribution in [2.75, 3.05) is 19.4 Å². The van der Waals surface area contributed by atoms with Crippen LogP contribution in [0.5, 0.6) is 0 Å². The third-order valence-electron chi connectivity index (χ3n) is 4.02. The molecule has 0 spiro atoms. The molecule has 0 aliphatic rings. The smallest absolute Gasteiger partial charge is 0.407 e. The molecule has 8 nitrogen and oxygen atoms in total. The lowest BCUT2D eigenvalue weighted by atomic mass is 10.2. The Balaban J connectivity index is 1.77. The van der Waals surface area contributed by atoms with Gasteiger partial charge >= 0.3 is 12.1 Å². The van der Waals surface area contributed by atoms with E-state index >= 15 is 0 Å². The summed E-state index contributed by atoms with van der Waals surface area (Å²) in [5, 5.41) is 4.81. The average Bonchev–Trinajstić information content (AvgIpc) is 2.79. The summed E-state index contributed by atoms with van der Waals surface area (Å²) in [6.07, 6.45) is -0.632. The molecule has 0 radical (unpaired) electrons. The normalized spacial score (nSPS) is 12.3. The first kappa shape index (κ1) is 23.1. The van der Waals surface area contributed by atoms with E-state index in [4.69, 9.17) is 9.47 Å². The van der Waals surface area contributed by atoms with Gasteiger partial charge in [0.15, 0.2) is 0 Å². The Morgan fingerprint density at radius 2 is 1.63 bits per heavy atom. The number of amides is 2. The SMILES string of the molecule is COC(=O)[C@@H](CC[S@@](=O)c1ccccc1)NC(=O)CNC(=O)OCc1ccccc1. The van der Waals surface area contributed by atoms with Crippen LogP contribution in [0.1, 0.15) is 12.0 Å². The Morgan fingerprint density at radius 1 is 1.00 bits per heavy atom. The van der Waals surface area contributed by atoms with E-state index in [-0.39, 0.29) is 25.3 Å². The van der Waals surface area contributed by atoms with Gasteiger partial charge in [0.1, 0.15) is 19.2 Å². The van der Waals surface area contributed by atoms with E-state index in [0.29, 0.717) is 4.90 Å². The topological polar surface area (TPSA) is 111 Å². The van der Waals surface area contributed by atoms with Gasteiger partial charge in [-0.1, -0.05) is 48.5 Å². The minimum atomic E-state index is -1.32. The summed E-state index contributed by atoms with van der Waals surface area (Å²) in [6.45, 7) is -0.298. The van der Waals surface area contributed by atoms with Crippen molar-refractivity contribution in [3.8, 4) is 0 Å². The number of hydrogen-bond donors (Lipinski definition) is 2. The van der Waals surface area contributed by atoms with Gasteiger partial charge < -0.3 is 20.1 Å². The van der Waals surface area contributed by atoms with Crippen LogP contribution in [0.15, 0.2) is 65.6 Å². The van der Waals surface area contributed by atoms with Crippen LogP contribution in [-0.2, 0) is 36.5 Å². The second-order valence-electron chi connectivity index (χ2n) is 6.21. The first-order valence-electron chi connectivity index (χ1n) is 9.24. The summed E-state index contributed by atoms with van der Waals surface area (Å²) < 4.78 is 22.0. The Hall–Kier alpha value is -3.20. The van der Waals surface area contributed by atoms with Crippen LogP contribution in [0.4, 0.5) is 4.79 Å². The van der Waals surface area contributed by atoms with E-state index in [0.717, 1.165) is 5.56 Å². The number of esters is 1. The molecular weight excluding hydrogens is 408 g/mol. The van der Waals surface area contributed by atoms with Crippen LogP contribution in [0.3, 0.4) is 0 Å². The number of methoxy groups -OCH3 is 1. The summed E-state index contributed by atoms with van der Waals surface area (Å²) in [4.78, 5) is 36.4. The van der Waals surface area contributed by atoms with Gasteiger partial charge in [-0.3, -0.25) is 9.00 Å². The van der Waals surface area contributed by atoms with E-state index in [1.165, 1.54) is 7.11 Å². The number of carbonyl (C=O) groups excluding carboxylic acids is 3.